The second-order valence-electron chi connectivity index (χ2n) is 5.53. The lowest BCUT2D eigenvalue weighted by atomic mass is 10.3. The second-order valence-corrected chi connectivity index (χ2v) is 7.57. The van der Waals surface area contributed by atoms with E-state index in [2.05, 4.69) is 11.8 Å². The van der Waals surface area contributed by atoms with Crippen molar-refractivity contribution in [1.82, 2.24) is 14.1 Å². The number of carbonyl (C=O) groups excluding carboxylic acids is 1. The monoisotopic (exact) mass is 343 g/mol. The van der Waals surface area contributed by atoms with Crippen LogP contribution in [0.3, 0.4) is 0 Å². The van der Waals surface area contributed by atoms with Gasteiger partial charge in [-0.15, -0.1) is 0 Å². The molecule has 1 aliphatic rings. The molecule has 8 heteroatoms. The summed E-state index contributed by atoms with van der Waals surface area (Å²) in [6, 6.07) is 4.58. The molecular formula is C15H22FN3O3S. The SMILES string of the molecule is CCN1CCN(C(=O)CN(C)S(=O)(=O)c2ccc(F)cc2)CC1. The maximum atomic E-state index is 12.9. The minimum absolute atomic E-state index is 0.0231. The van der Waals surface area contributed by atoms with Crippen LogP contribution in [0.5, 0.6) is 0 Å². The highest BCUT2D eigenvalue weighted by atomic mass is 32.2. The quantitative estimate of drug-likeness (QED) is 0.786. The van der Waals surface area contributed by atoms with Crippen LogP contribution in [0.25, 0.3) is 0 Å². The van der Waals surface area contributed by atoms with E-state index in [4.69, 9.17) is 0 Å². The number of hydrogen-bond acceptors (Lipinski definition) is 4. The Balaban J connectivity index is 1.99. The van der Waals surface area contributed by atoms with Gasteiger partial charge in [-0.25, -0.2) is 12.8 Å². The third-order valence-electron chi connectivity index (χ3n) is 4.05. The van der Waals surface area contributed by atoms with Gasteiger partial charge < -0.3 is 9.80 Å². The van der Waals surface area contributed by atoms with Crippen LogP contribution in [-0.2, 0) is 14.8 Å². The molecule has 2 rings (SSSR count). The third-order valence-corrected chi connectivity index (χ3v) is 5.87. The Bertz CT molecular complexity index is 640. The molecule has 0 aliphatic carbocycles. The van der Waals surface area contributed by atoms with Gasteiger partial charge in [0.05, 0.1) is 11.4 Å². The van der Waals surface area contributed by atoms with Crippen molar-refractivity contribution in [3.63, 3.8) is 0 Å². The van der Waals surface area contributed by atoms with Crippen molar-refractivity contribution in [2.45, 2.75) is 11.8 Å². The van der Waals surface area contributed by atoms with Gasteiger partial charge in [0.2, 0.25) is 15.9 Å². The largest absolute Gasteiger partial charge is 0.339 e. The second kappa shape index (κ2) is 7.37. The molecule has 6 nitrogen and oxygen atoms in total. The molecule has 128 valence electrons. The number of piperazine rings is 1. The van der Waals surface area contributed by atoms with Crippen molar-refractivity contribution in [3.8, 4) is 0 Å². The van der Waals surface area contributed by atoms with E-state index in [1.54, 1.807) is 4.90 Å². The van der Waals surface area contributed by atoms with E-state index < -0.39 is 15.8 Å². The average Bonchev–Trinajstić information content (AvgIpc) is 2.55. The Kier molecular flexibility index (Phi) is 5.72. The standard InChI is InChI=1S/C15H22FN3O3S/c1-3-18-8-10-19(11-9-18)15(20)12-17(2)23(21,22)14-6-4-13(16)5-7-14/h4-7H,3,8-12H2,1-2H3. The van der Waals surface area contributed by atoms with Gasteiger partial charge in [0.15, 0.2) is 0 Å². The van der Waals surface area contributed by atoms with E-state index in [0.29, 0.717) is 13.1 Å². The van der Waals surface area contributed by atoms with Crippen molar-refractivity contribution in [2.75, 3.05) is 46.3 Å². The number of carbonyl (C=O) groups is 1. The van der Waals surface area contributed by atoms with Crippen LogP contribution < -0.4 is 0 Å². The number of halogens is 1. The summed E-state index contributed by atoms with van der Waals surface area (Å²) >= 11 is 0. The van der Waals surface area contributed by atoms with Crippen LogP contribution in [0.1, 0.15) is 6.92 Å². The van der Waals surface area contributed by atoms with Crippen LogP contribution in [0.15, 0.2) is 29.2 Å². The Hall–Kier alpha value is -1.51. The summed E-state index contributed by atoms with van der Waals surface area (Å²) in [6.07, 6.45) is 0. The molecule has 0 spiro atoms. The van der Waals surface area contributed by atoms with E-state index in [9.17, 15) is 17.6 Å². The number of benzene rings is 1. The fourth-order valence-electron chi connectivity index (χ4n) is 2.48. The normalized spacial score (nSPS) is 16.8. The number of rotatable bonds is 5. The minimum Gasteiger partial charge on any atom is -0.339 e. The van der Waals surface area contributed by atoms with Crippen LogP contribution in [0.2, 0.25) is 0 Å². The van der Waals surface area contributed by atoms with Crippen LogP contribution in [0.4, 0.5) is 4.39 Å². The van der Waals surface area contributed by atoms with Crippen molar-refractivity contribution >= 4 is 15.9 Å². The summed E-state index contributed by atoms with van der Waals surface area (Å²) in [6.45, 7) is 5.62. The maximum absolute atomic E-state index is 12.9. The van der Waals surface area contributed by atoms with E-state index in [1.807, 2.05) is 0 Å². The molecule has 0 bridgehead atoms. The highest BCUT2D eigenvalue weighted by molar-refractivity contribution is 7.89. The van der Waals surface area contributed by atoms with Gasteiger partial charge >= 0.3 is 0 Å². The molecule has 0 aromatic heterocycles. The van der Waals surface area contributed by atoms with Gasteiger partial charge in [0, 0.05) is 33.2 Å². The summed E-state index contributed by atoms with van der Waals surface area (Å²) in [5, 5.41) is 0. The summed E-state index contributed by atoms with van der Waals surface area (Å²) in [5.74, 6) is -0.717. The average molecular weight is 343 g/mol. The van der Waals surface area contributed by atoms with E-state index in [-0.39, 0.29) is 17.3 Å². The van der Waals surface area contributed by atoms with E-state index in [1.165, 1.54) is 19.2 Å². The zero-order chi connectivity index (χ0) is 17.0. The molecule has 0 radical (unpaired) electrons. The third kappa shape index (κ3) is 4.27. The predicted molar refractivity (Wildman–Crippen MR) is 84.9 cm³/mol. The first-order valence-electron chi connectivity index (χ1n) is 7.56. The summed E-state index contributed by atoms with van der Waals surface area (Å²) in [4.78, 5) is 16.2. The van der Waals surface area contributed by atoms with Crippen LogP contribution in [-0.4, -0.2) is 74.7 Å². The predicted octanol–water partition coefficient (Wildman–Crippen LogP) is 0.610. The van der Waals surface area contributed by atoms with E-state index in [0.717, 1.165) is 36.1 Å². The molecule has 1 fully saturated rings. The van der Waals surface area contributed by atoms with Gasteiger partial charge in [0.1, 0.15) is 5.82 Å². The molecule has 0 atom stereocenters. The smallest absolute Gasteiger partial charge is 0.243 e. The number of likely N-dealkylation sites (N-methyl/N-ethyl adjacent to an activating group) is 2. The molecule has 23 heavy (non-hydrogen) atoms. The first-order valence-corrected chi connectivity index (χ1v) is 9.00. The molecule has 0 unspecified atom stereocenters. The maximum Gasteiger partial charge on any atom is 0.243 e. The fourth-order valence-corrected chi connectivity index (χ4v) is 3.60. The van der Waals surface area contributed by atoms with Crippen molar-refractivity contribution in [2.24, 2.45) is 0 Å². The molecule has 1 aliphatic heterocycles. The number of sulfonamides is 1. The first-order chi connectivity index (χ1) is 10.8. The number of hydrogen-bond donors (Lipinski definition) is 0. The molecule has 1 amide bonds. The Morgan fingerprint density at radius 1 is 1.17 bits per heavy atom. The molecule has 1 aromatic rings. The fraction of sp³-hybridized carbons (Fsp3) is 0.533. The Labute approximate surface area is 136 Å². The molecule has 1 saturated heterocycles. The molecule has 0 saturated carbocycles. The van der Waals surface area contributed by atoms with Gasteiger partial charge in [-0.05, 0) is 30.8 Å². The van der Waals surface area contributed by atoms with Gasteiger partial charge in [-0.1, -0.05) is 6.92 Å². The summed E-state index contributed by atoms with van der Waals surface area (Å²) < 4.78 is 38.7. The lowest BCUT2D eigenvalue weighted by Crippen LogP contribution is -2.51. The van der Waals surface area contributed by atoms with Gasteiger partial charge in [-0.3, -0.25) is 4.79 Å². The first kappa shape index (κ1) is 17.8. The van der Waals surface area contributed by atoms with E-state index >= 15 is 0 Å². The zero-order valence-corrected chi connectivity index (χ0v) is 14.2. The summed E-state index contributed by atoms with van der Waals surface area (Å²) in [5.41, 5.74) is 0. The van der Waals surface area contributed by atoms with Crippen molar-refractivity contribution in [3.05, 3.63) is 30.1 Å². The highest BCUT2D eigenvalue weighted by Crippen LogP contribution is 2.15. The minimum atomic E-state index is -3.80. The van der Waals surface area contributed by atoms with Crippen molar-refractivity contribution < 1.29 is 17.6 Å². The molecule has 1 aromatic carbocycles. The lowest BCUT2D eigenvalue weighted by molar-refractivity contribution is -0.132. The summed E-state index contributed by atoms with van der Waals surface area (Å²) in [7, 11) is -2.44. The Morgan fingerprint density at radius 3 is 2.26 bits per heavy atom. The van der Waals surface area contributed by atoms with Crippen molar-refractivity contribution in [1.29, 1.82) is 0 Å². The molecule has 0 N–H and O–H groups in total. The molecule has 1 heterocycles. The van der Waals surface area contributed by atoms with Gasteiger partial charge in [-0.2, -0.15) is 4.31 Å². The van der Waals surface area contributed by atoms with Gasteiger partial charge in [0.25, 0.3) is 0 Å². The Morgan fingerprint density at radius 2 is 1.74 bits per heavy atom. The zero-order valence-electron chi connectivity index (χ0n) is 13.4. The van der Waals surface area contributed by atoms with Crippen LogP contribution >= 0.6 is 0 Å². The number of nitrogens with zero attached hydrogens (tertiary/aromatic N) is 3. The molecular weight excluding hydrogens is 321 g/mol. The highest BCUT2D eigenvalue weighted by Gasteiger charge is 2.26. The van der Waals surface area contributed by atoms with Crippen LogP contribution in [0, 0.1) is 5.82 Å². The number of amides is 1. The topological polar surface area (TPSA) is 60.9 Å². The lowest BCUT2D eigenvalue weighted by Gasteiger charge is -2.34.